The molecule has 0 spiro atoms. The molecule has 2 aromatic carbocycles. The Morgan fingerprint density at radius 3 is 2.67 bits per heavy atom. The molecule has 0 radical (unpaired) electrons. The Morgan fingerprint density at radius 1 is 1.19 bits per heavy atom. The van der Waals surface area contributed by atoms with E-state index in [9.17, 15) is 4.79 Å². The molecule has 1 N–H and O–H groups in total. The molecule has 1 aliphatic carbocycles. The molecule has 1 saturated carbocycles. The van der Waals surface area contributed by atoms with Crippen LogP contribution in [0.5, 0.6) is 5.75 Å². The van der Waals surface area contributed by atoms with Crippen molar-refractivity contribution in [3.63, 3.8) is 0 Å². The molecular weight excluding hydrogens is 266 g/mol. The summed E-state index contributed by atoms with van der Waals surface area (Å²) < 4.78 is 5.77. The number of carbonyl (C=O) groups is 1. The highest BCUT2D eigenvalue weighted by atomic mass is 16.5. The molecule has 2 aromatic rings. The molecule has 1 aliphatic rings. The molecule has 0 aliphatic heterocycles. The van der Waals surface area contributed by atoms with Gasteiger partial charge in [-0.15, -0.1) is 0 Å². The van der Waals surface area contributed by atoms with Crippen LogP contribution in [0.4, 0.5) is 0 Å². The van der Waals surface area contributed by atoms with Crippen LogP contribution in [0.25, 0.3) is 10.8 Å². The minimum absolute atomic E-state index is 0.103. The van der Waals surface area contributed by atoms with Crippen molar-refractivity contribution < 1.29 is 14.6 Å². The minimum Gasteiger partial charge on any atom is -0.492 e. The van der Waals surface area contributed by atoms with Crippen molar-refractivity contribution in [2.45, 2.75) is 18.9 Å². The van der Waals surface area contributed by atoms with E-state index >= 15 is 0 Å². The molecule has 4 heteroatoms. The van der Waals surface area contributed by atoms with Crippen molar-refractivity contribution >= 4 is 16.7 Å². The Morgan fingerprint density at radius 2 is 1.95 bits per heavy atom. The van der Waals surface area contributed by atoms with E-state index in [4.69, 9.17) is 9.84 Å². The molecular formula is C17H19NO3. The molecule has 4 nitrogen and oxygen atoms in total. The van der Waals surface area contributed by atoms with Gasteiger partial charge in [0.25, 0.3) is 0 Å². The maximum Gasteiger partial charge on any atom is 0.317 e. The van der Waals surface area contributed by atoms with E-state index in [2.05, 4.69) is 12.1 Å². The smallest absolute Gasteiger partial charge is 0.317 e. The highest BCUT2D eigenvalue weighted by Crippen LogP contribution is 2.26. The monoisotopic (exact) mass is 285 g/mol. The van der Waals surface area contributed by atoms with Gasteiger partial charge < -0.3 is 9.84 Å². The third-order valence-corrected chi connectivity index (χ3v) is 3.77. The number of hydrogen-bond acceptors (Lipinski definition) is 3. The zero-order valence-corrected chi connectivity index (χ0v) is 11.9. The average Bonchev–Trinajstić information content (AvgIpc) is 3.30. The molecule has 0 unspecified atom stereocenters. The topological polar surface area (TPSA) is 49.8 Å². The molecule has 110 valence electrons. The first-order valence-electron chi connectivity index (χ1n) is 7.30. The van der Waals surface area contributed by atoms with Crippen LogP contribution in [0.1, 0.15) is 12.8 Å². The highest BCUT2D eigenvalue weighted by Gasteiger charge is 2.29. The molecule has 0 bridgehead atoms. The van der Waals surface area contributed by atoms with E-state index in [1.165, 1.54) is 5.39 Å². The van der Waals surface area contributed by atoms with Crippen molar-refractivity contribution in [3.05, 3.63) is 42.5 Å². The quantitative estimate of drug-likeness (QED) is 0.850. The normalized spacial score (nSPS) is 14.5. The van der Waals surface area contributed by atoms with E-state index in [0.717, 1.165) is 24.0 Å². The Hall–Kier alpha value is -2.07. The number of carboxylic acids is 1. The zero-order valence-electron chi connectivity index (χ0n) is 11.9. The van der Waals surface area contributed by atoms with Crippen LogP contribution < -0.4 is 4.74 Å². The van der Waals surface area contributed by atoms with Crippen LogP contribution >= 0.6 is 0 Å². The van der Waals surface area contributed by atoms with Gasteiger partial charge in [-0.2, -0.15) is 0 Å². The number of rotatable bonds is 7. The second-order valence-corrected chi connectivity index (χ2v) is 5.45. The van der Waals surface area contributed by atoms with Crippen molar-refractivity contribution in [2.24, 2.45) is 0 Å². The molecule has 0 atom stereocenters. The van der Waals surface area contributed by atoms with Crippen LogP contribution in [0.2, 0.25) is 0 Å². The fourth-order valence-electron chi connectivity index (χ4n) is 2.54. The largest absolute Gasteiger partial charge is 0.492 e. The standard InChI is InChI=1S/C17H19NO3/c19-17(20)12-18(15-6-7-15)9-10-21-16-8-5-13-3-1-2-4-14(13)11-16/h1-5,8,11,15H,6-7,9-10,12H2,(H,19,20). The average molecular weight is 285 g/mol. The number of hydrogen-bond donors (Lipinski definition) is 1. The highest BCUT2D eigenvalue weighted by molar-refractivity contribution is 5.83. The lowest BCUT2D eigenvalue weighted by Crippen LogP contribution is -2.35. The van der Waals surface area contributed by atoms with Gasteiger partial charge in [0.05, 0.1) is 6.54 Å². The van der Waals surface area contributed by atoms with Crippen molar-refractivity contribution in [1.29, 1.82) is 0 Å². The third-order valence-electron chi connectivity index (χ3n) is 3.77. The van der Waals surface area contributed by atoms with Gasteiger partial charge in [-0.1, -0.05) is 30.3 Å². The maximum atomic E-state index is 10.8. The Balaban J connectivity index is 1.56. The summed E-state index contributed by atoms with van der Waals surface area (Å²) in [4.78, 5) is 12.8. The summed E-state index contributed by atoms with van der Waals surface area (Å²) in [6.07, 6.45) is 2.20. The van der Waals surface area contributed by atoms with Crippen LogP contribution in [0.3, 0.4) is 0 Å². The van der Waals surface area contributed by atoms with Crippen LogP contribution in [0.15, 0.2) is 42.5 Å². The van der Waals surface area contributed by atoms with Gasteiger partial charge in [0.2, 0.25) is 0 Å². The minimum atomic E-state index is -0.771. The van der Waals surface area contributed by atoms with Crippen molar-refractivity contribution in [2.75, 3.05) is 19.7 Å². The molecule has 0 aromatic heterocycles. The maximum absolute atomic E-state index is 10.8. The predicted octanol–water partition coefficient (Wildman–Crippen LogP) is 2.77. The molecule has 3 rings (SSSR count). The first kappa shape index (κ1) is 13.9. The first-order valence-corrected chi connectivity index (χ1v) is 7.30. The Labute approximate surface area is 123 Å². The summed E-state index contributed by atoms with van der Waals surface area (Å²) in [6, 6.07) is 14.6. The second kappa shape index (κ2) is 6.14. The fraction of sp³-hybridized carbons (Fsp3) is 0.353. The van der Waals surface area contributed by atoms with Gasteiger partial charge in [0.15, 0.2) is 0 Å². The molecule has 0 saturated heterocycles. The van der Waals surface area contributed by atoms with Crippen molar-refractivity contribution in [1.82, 2.24) is 4.90 Å². The summed E-state index contributed by atoms with van der Waals surface area (Å²) in [7, 11) is 0. The number of carboxylic acid groups (broad SMARTS) is 1. The second-order valence-electron chi connectivity index (χ2n) is 5.45. The summed E-state index contributed by atoms with van der Waals surface area (Å²) in [5.41, 5.74) is 0. The molecule has 1 fully saturated rings. The summed E-state index contributed by atoms with van der Waals surface area (Å²) in [5.74, 6) is 0.0624. The predicted molar refractivity (Wildman–Crippen MR) is 81.7 cm³/mol. The van der Waals surface area contributed by atoms with E-state index in [-0.39, 0.29) is 6.54 Å². The Bertz CT molecular complexity index is 637. The number of ether oxygens (including phenoxy) is 1. The Kier molecular flexibility index (Phi) is 4.06. The van der Waals surface area contributed by atoms with Crippen LogP contribution in [-0.4, -0.2) is 41.7 Å². The molecule has 21 heavy (non-hydrogen) atoms. The van der Waals surface area contributed by atoms with Crippen LogP contribution in [0, 0.1) is 0 Å². The number of fused-ring (bicyclic) bond motifs is 1. The van der Waals surface area contributed by atoms with Crippen molar-refractivity contribution in [3.8, 4) is 5.75 Å². The lowest BCUT2D eigenvalue weighted by Gasteiger charge is -2.19. The first-order chi connectivity index (χ1) is 10.2. The van der Waals surface area contributed by atoms with Crippen LogP contribution in [-0.2, 0) is 4.79 Å². The SMILES string of the molecule is O=C(O)CN(CCOc1ccc2ccccc2c1)C1CC1. The van der Waals surface area contributed by atoms with E-state index in [1.54, 1.807) is 0 Å². The van der Waals surface area contributed by atoms with Gasteiger partial charge in [0.1, 0.15) is 12.4 Å². The van der Waals surface area contributed by atoms with Gasteiger partial charge in [-0.05, 0) is 35.7 Å². The molecule has 0 heterocycles. The summed E-state index contributed by atoms with van der Waals surface area (Å²) in [6.45, 7) is 1.28. The van der Waals surface area contributed by atoms with Gasteiger partial charge in [-0.3, -0.25) is 9.69 Å². The zero-order chi connectivity index (χ0) is 14.7. The van der Waals surface area contributed by atoms with E-state index in [1.807, 2.05) is 35.2 Å². The van der Waals surface area contributed by atoms with Gasteiger partial charge in [-0.25, -0.2) is 0 Å². The number of nitrogens with zero attached hydrogens (tertiary/aromatic N) is 1. The fourth-order valence-corrected chi connectivity index (χ4v) is 2.54. The molecule has 0 amide bonds. The third kappa shape index (κ3) is 3.73. The van der Waals surface area contributed by atoms with E-state index in [0.29, 0.717) is 19.2 Å². The number of aliphatic carboxylic acids is 1. The number of benzene rings is 2. The summed E-state index contributed by atoms with van der Waals surface area (Å²) >= 11 is 0. The summed E-state index contributed by atoms with van der Waals surface area (Å²) in [5, 5.41) is 11.3. The van der Waals surface area contributed by atoms with E-state index < -0.39 is 5.97 Å². The lowest BCUT2D eigenvalue weighted by molar-refractivity contribution is -0.138. The van der Waals surface area contributed by atoms with Gasteiger partial charge >= 0.3 is 5.97 Å². The van der Waals surface area contributed by atoms with Gasteiger partial charge in [0, 0.05) is 12.6 Å². The lowest BCUT2D eigenvalue weighted by atomic mass is 10.1.